The third kappa shape index (κ3) is 3.64. The summed E-state index contributed by atoms with van der Waals surface area (Å²) in [6.45, 7) is 10.7. The third-order valence-corrected chi connectivity index (χ3v) is 5.39. The van der Waals surface area contributed by atoms with E-state index in [0.717, 1.165) is 26.2 Å². The Labute approximate surface area is 115 Å². The minimum Gasteiger partial charge on any atom is -0.342 e. The number of rotatable bonds is 2. The molecule has 1 spiro atoms. The standard InChI is InChI=1S/C14H26N2OS/c1-13(2,3)18-10-12(17)16-8-5-14(6-9-16)4-7-15-11-14/h15H,4-11H2,1-3H3. The zero-order valence-corrected chi connectivity index (χ0v) is 12.7. The maximum atomic E-state index is 12.1. The highest BCUT2D eigenvalue weighted by Gasteiger charge is 2.37. The number of carbonyl (C=O) groups is 1. The van der Waals surface area contributed by atoms with E-state index in [9.17, 15) is 4.79 Å². The molecule has 0 bridgehead atoms. The smallest absolute Gasteiger partial charge is 0.232 e. The number of carbonyl (C=O) groups excluding carboxylic acids is 1. The normalized spacial score (nSPS) is 23.6. The van der Waals surface area contributed by atoms with Crippen LogP contribution in [0.5, 0.6) is 0 Å². The monoisotopic (exact) mass is 270 g/mol. The number of nitrogens with zero attached hydrogens (tertiary/aromatic N) is 1. The van der Waals surface area contributed by atoms with Crippen LogP contribution < -0.4 is 5.32 Å². The molecule has 0 radical (unpaired) electrons. The van der Waals surface area contributed by atoms with Crippen LogP contribution in [0.15, 0.2) is 0 Å². The molecule has 2 saturated heterocycles. The Hall–Kier alpha value is -0.220. The van der Waals surface area contributed by atoms with Crippen molar-refractivity contribution < 1.29 is 4.79 Å². The van der Waals surface area contributed by atoms with Gasteiger partial charge in [-0.15, -0.1) is 11.8 Å². The number of hydrogen-bond acceptors (Lipinski definition) is 3. The minimum atomic E-state index is 0.183. The molecule has 104 valence electrons. The van der Waals surface area contributed by atoms with Gasteiger partial charge in [0.25, 0.3) is 0 Å². The van der Waals surface area contributed by atoms with Crippen molar-refractivity contribution in [1.29, 1.82) is 0 Å². The molecule has 2 rings (SSSR count). The number of likely N-dealkylation sites (tertiary alicyclic amines) is 1. The average Bonchev–Trinajstić information content (AvgIpc) is 2.75. The molecule has 4 heteroatoms. The summed E-state index contributed by atoms with van der Waals surface area (Å²) in [6.07, 6.45) is 3.67. The highest BCUT2D eigenvalue weighted by Crippen LogP contribution is 2.37. The predicted molar refractivity (Wildman–Crippen MR) is 77.9 cm³/mol. The quantitative estimate of drug-likeness (QED) is 0.834. The summed E-state index contributed by atoms with van der Waals surface area (Å²) >= 11 is 1.76. The Morgan fingerprint density at radius 3 is 2.44 bits per heavy atom. The lowest BCUT2D eigenvalue weighted by molar-refractivity contribution is -0.130. The third-order valence-electron chi connectivity index (χ3n) is 4.14. The van der Waals surface area contributed by atoms with Crippen LogP contribution >= 0.6 is 11.8 Å². The van der Waals surface area contributed by atoms with Crippen molar-refractivity contribution in [2.75, 3.05) is 31.9 Å². The first-order valence-corrected chi connectivity index (χ1v) is 8.01. The van der Waals surface area contributed by atoms with E-state index in [2.05, 4.69) is 31.0 Å². The number of amides is 1. The molecule has 2 fully saturated rings. The Balaban J connectivity index is 1.77. The van der Waals surface area contributed by atoms with E-state index in [-0.39, 0.29) is 4.75 Å². The van der Waals surface area contributed by atoms with Gasteiger partial charge < -0.3 is 10.2 Å². The van der Waals surface area contributed by atoms with E-state index in [1.165, 1.54) is 19.3 Å². The molecule has 0 unspecified atom stereocenters. The minimum absolute atomic E-state index is 0.183. The Morgan fingerprint density at radius 1 is 1.28 bits per heavy atom. The highest BCUT2D eigenvalue weighted by molar-refractivity contribution is 8.01. The molecule has 3 nitrogen and oxygen atoms in total. The Morgan fingerprint density at radius 2 is 1.94 bits per heavy atom. The van der Waals surface area contributed by atoms with E-state index in [1.54, 1.807) is 11.8 Å². The van der Waals surface area contributed by atoms with Crippen LogP contribution in [0.25, 0.3) is 0 Å². The molecule has 1 N–H and O–H groups in total. The zero-order chi connectivity index (χ0) is 13.2. The van der Waals surface area contributed by atoms with Crippen molar-refractivity contribution in [2.45, 2.75) is 44.8 Å². The van der Waals surface area contributed by atoms with Gasteiger partial charge in [0, 0.05) is 24.4 Å². The van der Waals surface area contributed by atoms with E-state index in [1.807, 2.05) is 0 Å². The van der Waals surface area contributed by atoms with Gasteiger partial charge in [-0.2, -0.15) is 0 Å². The first kappa shape index (κ1) is 14.2. The van der Waals surface area contributed by atoms with Crippen LogP contribution in [-0.4, -0.2) is 47.5 Å². The summed E-state index contributed by atoms with van der Waals surface area (Å²) in [7, 11) is 0. The van der Waals surface area contributed by atoms with Gasteiger partial charge in [0.1, 0.15) is 0 Å². The molecular formula is C14H26N2OS. The fourth-order valence-electron chi connectivity index (χ4n) is 2.82. The topological polar surface area (TPSA) is 32.3 Å². The van der Waals surface area contributed by atoms with Gasteiger partial charge in [-0.25, -0.2) is 0 Å². The van der Waals surface area contributed by atoms with Crippen molar-refractivity contribution >= 4 is 17.7 Å². The Bertz CT molecular complexity index is 295. The summed E-state index contributed by atoms with van der Waals surface area (Å²) in [5.41, 5.74) is 0.508. The van der Waals surface area contributed by atoms with Crippen LogP contribution in [0.4, 0.5) is 0 Å². The second-order valence-electron chi connectivity index (χ2n) is 6.71. The second-order valence-corrected chi connectivity index (χ2v) is 8.51. The lowest BCUT2D eigenvalue weighted by Gasteiger charge is -2.39. The van der Waals surface area contributed by atoms with Crippen molar-refractivity contribution in [3.63, 3.8) is 0 Å². The van der Waals surface area contributed by atoms with Crippen LogP contribution in [0.1, 0.15) is 40.0 Å². The maximum absolute atomic E-state index is 12.1. The molecule has 0 aromatic heterocycles. The Kier molecular flexibility index (Phi) is 4.27. The van der Waals surface area contributed by atoms with Crippen molar-refractivity contribution in [2.24, 2.45) is 5.41 Å². The number of thioether (sulfide) groups is 1. The van der Waals surface area contributed by atoms with Gasteiger partial charge in [0.15, 0.2) is 0 Å². The van der Waals surface area contributed by atoms with E-state index in [0.29, 0.717) is 17.1 Å². The van der Waals surface area contributed by atoms with Gasteiger partial charge in [-0.1, -0.05) is 20.8 Å². The lowest BCUT2D eigenvalue weighted by Crippen LogP contribution is -2.44. The molecule has 18 heavy (non-hydrogen) atoms. The summed E-state index contributed by atoms with van der Waals surface area (Å²) in [5.74, 6) is 0.963. The maximum Gasteiger partial charge on any atom is 0.232 e. The number of piperidine rings is 1. The average molecular weight is 270 g/mol. The summed E-state index contributed by atoms with van der Waals surface area (Å²) in [5, 5.41) is 3.46. The van der Waals surface area contributed by atoms with Gasteiger partial charge in [-0.05, 0) is 31.2 Å². The molecule has 2 aliphatic heterocycles. The lowest BCUT2D eigenvalue weighted by atomic mass is 9.78. The van der Waals surface area contributed by atoms with Crippen LogP contribution in [0.3, 0.4) is 0 Å². The van der Waals surface area contributed by atoms with E-state index >= 15 is 0 Å². The largest absolute Gasteiger partial charge is 0.342 e. The fourth-order valence-corrected chi connectivity index (χ4v) is 3.56. The van der Waals surface area contributed by atoms with Crippen molar-refractivity contribution in [3.05, 3.63) is 0 Å². The molecule has 0 aromatic carbocycles. The van der Waals surface area contributed by atoms with Gasteiger partial charge in [0.2, 0.25) is 5.91 Å². The van der Waals surface area contributed by atoms with Gasteiger partial charge in [-0.3, -0.25) is 4.79 Å². The highest BCUT2D eigenvalue weighted by atomic mass is 32.2. The van der Waals surface area contributed by atoms with Gasteiger partial charge >= 0.3 is 0 Å². The molecular weight excluding hydrogens is 244 g/mol. The first-order valence-electron chi connectivity index (χ1n) is 7.03. The predicted octanol–water partition coefficient (Wildman–Crippen LogP) is 2.12. The SMILES string of the molecule is CC(C)(C)SCC(=O)N1CCC2(CCNC2)CC1. The molecule has 0 aromatic rings. The summed E-state index contributed by atoms with van der Waals surface area (Å²) in [4.78, 5) is 14.2. The molecule has 1 amide bonds. The molecule has 0 saturated carbocycles. The van der Waals surface area contributed by atoms with E-state index < -0.39 is 0 Å². The van der Waals surface area contributed by atoms with Crippen LogP contribution in [0, 0.1) is 5.41 Å². The first-order chi connectivity index (χ1) is 8.40. The van der Waals surface area contributed by atoms with Crippen LogP contribution in [0.2, 0.25) is 0 Å². The second kappa shape index (κ2) is 5.41. The molecule has 0 aliphatic carbocycles. The van der Waals surface area contributed by atoms with Gasteiger partial charge in [0.05, 0.1) is 5.75 Å². The van der Waals surface area contributed by atoms with Crippen molar-refractivity contribution in [3.8, 4) is 0 Å². The van der Waals surface area contributed by atoms with Crippen molar-refractivity contribution in [1.82, 2.24) is 10.2 Å². The fraction of sp³-hybridized carbons (Fsp3) is 0.929. The summed E-state index contributed by atoms with van der Waals surface area (Å²) in [6, 6.07) is 0. The summed E-state index contributed by atoms with van der Waals surface area (Å²) < 4.78 is 0.183. The van der Waals surface area contributed by atoms with E-state index in [4.69, 9.17) is 0 Å². The number of hydrogen-bond donors (Lipinski definition) is 1. The van der Waals surface area contributed by atoms with Crippen LogP contribution in [-0.2, 0) is 4.79 Å². The molecule has 2 heterocycles. The zero-order valence-electron chi connectivity index (χ0n) is 11.9. The molecule has 2 aliphatic rings. The molecule has 0 atom stereocenters. The number of nitrogens with one attached hydrogen (secondary N) is 1.